The number of rotatable bonds is 6. The van der Waals surface area contributed by atoms with Crippen LogP contribution in [0.1, 0.15) is 22.3 Å². The van der Waals surface area contributed by atoms with E-state index in [4.69, 9.17) is 0 Å². The monoisotopic (exact) mass is 633 g/mol. The van der Waals surface area contributed by atoms with Gasteiger partial charge < -0.3 is 20.4 Å². The van der Waals surface area contributed by atoms with E-state index >= 15 is 0 Å². The van der Waals surface area contributed by atoms with Crippen molar-refractivity contribution in [2.75, 3.05) is 20.1 Å². The van der Waals surface area contributed by atoms with Crippen LogP contribution < -0.4 is 5.32 Å². The minimum atomic E-state index is -4.59. The Balaban J connectivity index is 1.33. The van der Waals surface area contributed by atoms with Crippen molar-refractivity contribution in [2.45, 2.75) is 44.1 Å². The third-order valence-electron chi connectivity index (χ3n) is 8.67. The summed E-state index contributed by atoms with van der Waals surface area (Å²) >= 11 is 0. The lowest BCUT2D eigenvalue weighted by molar-refractivity contribution is -0.223. The van der Waals surface area contributed by atoms with Crippen LogP contribution >= 0.6 is 0 Å². The van der Waals surface area contributed by atoms with Gasteiger partial charge in [0.1, 0.15) is 18.1 Å². The summed E-state index contributed by atoms with van der Waals surface area (Å²) in [5, 5.41) is 28.7. The van der Waals surface area contributed by atoms with Crippen LogP contribution in [0.15, 0.2) is 91.0 Å². The van der Waals surface area contributed by atoms with Crippen LogP contribution in [0.5, 0.6) is 5.75 Å². The highest BCUT2D eigenvalue weighted by Gasteiger charge is 2.51. The topological polar surface area (TPSA) is 99.6 Å². The van der Waals surface area contributed by atoms with Gasteiger partial charge in [0.2, 0.25) is 5.91 Å². The number of phenolic OH excluding ortho intramolecular Hbond substituents is 1. The second-order valence-corrected chi connectivity index (χ2v) is 11.7. The standard InChI is InChI=1S/C34H34F3N5O4/c1-39-21-31(44)41-29(17-22-13-15-26(43)16-14-22)32(45)40(19-25-10-6-9-23-7-2-4-11-27(23)25)20-30(41)42(39)33(46)38-18-24-8-3-5-12-28(24)34(35,36)37/h2-16,29-31,43-44H,17-21H2,1H3,(H,38,46)/t29-,30?,31?/m0/s1. The predicted octanol–water partition coefficient (Wildman–Crippen LogP) is 4.54. The third kappa shape index (κ3) is 6.23. The quantitative estimate of drug-likeness (QED) is 0.289. The number of fused-ring (bicyclic) bond motifs is 2. The Bertz CT molecular complexity index is 1730. The molecule has 0 saturated carbocycles. The first-order valence-electron chi connectivity index (χ1n) is 14.9. The van der Waals surface area contributed by atoms with Crippen molar-refractivity contribution in [3.8, 4) is 5.75 Å². The molecule has 2 aliphatic heterocycles. The molecule has 3 amide bonds. The van der Waals surface area contributed by atoms with E-state index in [1.165, 1.54) is 40.3 Å². The fraction of sp³-hybridized carbons (Fsp3) is 0.294. The van der Waals surface area contributed by atoms with Crippen LogP contribution in [0.25, 0.3) is 10.8 Å². The summed E-state index contributed by atoms with van der Waals surface area (Å²) in [6.45, 7) is -0.109. The summed E-state index contributed by atoms with van der Waals surface area (Å²) in [5.74, 6) is -0.163. The van der Waals surface area contributed by atoms with Crippen molar-refractivity contribution in [2.24, 2.45) is 0 Å². The summed E-state index contributed by atoms with van der Waals surface area (Å²) < 4.78 is 40.9. The van der Waals surface area contributed by atoms with E-state index in [1.807, 2.05) is 42.5 Å². The Morgan fingerprint density at radius 1 is 0.913 bits per heavy atom. The first kappa shape index (κ1) is 31.3. The molecule has 0 radical (unpaired) electrons. The number of phenols is 1. The van der Waals surface area contributed by atoms with Crippen molar-refractivity contribution >= 4 is 22.7 Å². The normalized spacial score (nSPS) is 21.0. The van der Waals surface area contributed by atoms with Gasteiger partial charge in [-0.1, -0.05) is 72.8 Å². The molecule has 240 valence electrons. The maximum atomic E-state index is 14.2. The number of aliphatic hydroxyl groups is 1. The molecule has 6 rings (SSSR count). The van der Waals surface area contributed by atoms with Crippen molar-refractivity contribution in [3.05, 3.63) is 113 Å². The Kier molecular flexibility index (Phi) is 8.60. The van der Waals surface area contributed by atoms with E-state index < -0.39 is 36.2 Å². The number of likely N-dealkylation sites (N-methyl/N-ethyl adjacent to an activating group) is 1. The number of urea groups is 1. The van der Waals surface area contributed by atoms with Crippen LogP contribution in [-0.4, -0.2) is 80.5 Å². The van der Waals surface area contributed by atoms with Crippen LogP contribution in [0.2, 0.25) is 0 Å². The molecule has 2 aliphatic rings. The van der Waals surface area contributed by atoms with E-state index in [0.717, 1.165) is 28.0 Å². The number of alkyl halides is 3. The highest BCUT2D eigenvalue weighted by molar-refractivity contribution is 5.87. The van der Waals surface area contributed by atoms with Crippen LogP contribution in [-0.2, 0) is 30.5 Å². The van der Waals surface area contributed by atoms with Gasteiger partial charge in [-0.15, -0.1) is 0 Å². The molecular formula is C34H34F3N5O4. The first-order valence-corrected chi connectivity index (χ1v) is 14.9. The van der Waals surface area contributed by atoms with Crippen molar-refractivity contribution < 1.29 is 33.0 Å². The maximum Gasteiger partial charge on any atom is 0.416 e. The number of carbonyl (C=O) groups is 2. The molecule has 4 aromatic carbocycles. The number of amides is 3. The van der Waals surface area contributed by atoms with Gasteiger partial charge in [-0.05, 0) is 52.1 Å². The van der Waals surface area contributed by atoms with Gasteiger partial charge in [0, 0.05) is 20.1 Å². The third-order valence-corrected chi connectivity index (χ3v) is 8.67. The number of β-amino-alcohol motifs (C(OH)–C–C–N with tert-alkyl or cyclic N) is 1. The van der Waals surface area contributed by atoms with Crippen LogP contribution in [0.4, 0.5) is 18.0 Å². The first-order chi connectivity index (χ1) is 22.0. The van der Waals surface area contributed by atoms with Crippen molar-refractivity contribution in [1.82, 2.24) is 25.1 Å². The van der Waals surface area contributed by atoms with E-state index in [2.05, 4.69) is 5.32 Å². The molecule has 2 unspecified atom stereocenters. The van der Waals surface area contributed by atoms with Crippen molar-refractivity contribution in [3.63, 3.8) is 0 Å². The lowest BCUT2D eigenvalue weighted by Crippen LogP contribution is -2.77. The zero-order valence-corrected chi connectivity index (χ0v) is 25.1. The highest BCUT2D eigenvalue weighted by Crippen LogP contribution is 2.33. The maximum absolute atomic E-state index is 14.2. The minimum absolute atomic E-state index is 0.0221. The predicted molar refractivity (Wildman–Crippen MR) is 165 cm³/mol. The minimum Gasteiger partial charge on any atom is -0.508 e. The number of halogens is 3. The summed E-state index contributed by atoms with van der Waals surface area (Å²) in [7, 11) is 1.62. The zero-order chi connectivity index (χ0) is 32.6. The summed E-state index contributed by atoms with van der Waals surface area (Å²) in [6, 6.07) is 23.7. The molecule has 9 nitrogen and oxygen atoms in total. The van der Waals surface area contributed by atoms with Crippen LogP contribution in [0, 0.1) is 0 Å². The molecule has 0 bridgehead atoms. The van der Waals surface area contributed by atoms with Gasteiger partial charge in [0.05, 0.1) is 24.7 Å². The number of hydrogen-bond acceptors (Lipinski definition) is 6. The molecule has 2 heterocycles. The molecule has 4 aromatic rings. The molecule has 46 heavy (non-hydrogen) atoms. The van der Waals surface area contributed by atoms with Crippen LogP contribution in [0.3, 0.4) is 0 Å². The lowest BCUT2D eigenvalue weighted by atomic mass is 9.97. The Labute approximate surface area is 264 Å². The average molecular weight is 634 g/mol. The number of benzene rings is 4. The second-order valence-electron chi connectivity index (χ2n) is 11.7. The van der Waals surface area contributed by atoms with E-state index in [-0.39, 0.29) is 49.8 Å². The molecule has 0 spiro atoms. The van der Waals surface area contributed by atoms with Gasteiger partial charge in [-0.2, -0.15) is 13.2 Å². The zero-order valence-electron chi connectivity index (χ0n) is 25.1. The lowest BCUT2D eigenvalue weighted by Gasteiger charge is -2.56. The second kappa shape index (κ2) is 12.6. The van der Waals surface area contributed by atoms with Crippen molar-refractivity contribution in [1.29, 1.82) is 0 Å². The number of aromatic hydroxyl groups is 1. The molecule has 0 aliphatic carbocycles. The molecule has 0 aromatic heterocycles. The van der Waals surface area contributed by atoms with Gasteiger partial charge in [0.15, 0.2) is 0 Å². The van der Waals surface area contributed by atoms with Gasteiger partial charge in [-0.3, -0.25) is 4.79 Å². The Morgan fingerprint density at radius 3 is 2.35 bits per heavy atom. The molecule has 3 atom stereocenters. The molecular weight excluding hydrogens is 599 g/mol. The fourth-order valence-corrected chi connectivity index (χ4v) is 6.50. The van der Waals surface area contributed by atoms with Gasteiger partial charge >= 0.3 is 12.2 Å². The van der Waals surface area contributed by atoms with Gasteiger partial charge in [-0.25, -0.2) is 19.7 Å². The average Bonchev–Trinajstić information content (AvgIpc) is 3.02. The van der Waals surface area contributed by atoms with E-state index in [1.54, 1.807) is 29.0 Å². The molecule has 12 heteroatoms. The number of hydrogen-bond donors (Lipinski definition) is 3. The van der Waals surface area contributed by atoms with Gasteiger partial charge in [0.25, 0.3) is 0 Å². The Morgan fingerprint density at radius 2 is 1.59 bits per heavy atom. The van der Waals surface area contributed by atoms with E-state index in [9.17, 15) is 33.0 Å². The number of nitrogens with one attached hydrogen (secondary N) is 1. The van der Waals surface area contributed by atoms with E-state index in [0.29, 0.717) is 0 Å². The molecule has 3 N–H and O–H groups in total. The summed E-state index contributed by atoms with van der Waals surface area (Å²) in [5.41, 5.74) is 0.736. The number of hydrazine groups is 1. The summed E-state index contributed by atoms with van der Waals surface area (Å²) in [6.07, 6.45) is -6.34. The smallest absolute Gasteiger partial charge is 0.416 e. The number of nitrogens with zero attached hydrogens (tertiary/aromatic N) is 4. The fourth-order valence-electron chi connectivity index (χ4n) is 6.50. The number of aliphatic hydroxyl groups excluding tert-OH is 1. The molecule has 2 fully saturated rings. The largest absolute Gasteiger partial charge is 0.508 e. The molecule has 2 saturated heterocycles. The Hall–Kier alpha value is -4.65. The number of carbonyl (C=O) groups excluding carboxylic acids is 2. The summed E-state index contributed by atoms with van der Waals surface area (Å²) in [4.78, 5) is 31.3. The highest BCUT2D eigenvalue weighted by atomic mass is 19.4. The SMILES string of the molecule is CN1CC(O)N2C(CN(Cc3cccc4ccccc34)C(=O)[C@@H]2Cc2ccc(O)cc2)N1C(=O)NCc1ccccc1C(F)(F)F. The number of piperazine rings is 1.